The van der Waals surface area contributed by atoms with E-state index in [0.717, 1.165) is 55.1 Å². The summed E-state index contributed by atoms with van der Waals surface area (Å²) in [5.74, 6) is 0.872. The number of unbranched alkanes of at least 4 members (excludes halogenated alkanes) is 1. The first kappa shape index (κ1) is 15.8. The van der Waals surface area contributed by atoms with Gasteiger partial charge in [0.2, 0.25) is 0 Å². The first-order valence-corrected chi connectivity index (χ1v) is 8.02. The van der Waals surface area contributed by atoms with Gasteiger partial charge in [-0.2, -0.15) is 5.26 Å². The Morgan fingerprint density at radius 3 is 2.90 bits per heavy atom. The molecule has 0 spiro atoms. The Hall–Kier alpha value is -1.60. The molecule has 4 heteroatoms. The van der Waals surface area contributed by atoms with Crippen LogP contribution in [0.5, 0.6) is 0 Å². The van der Waals surface area contributed by atoms with Gasteiger partial charge in [0.25, 0.3) is 0 Å². The predicted octanol–water partition coefficient (Wildman–Crippen LogP) is 2.93. The molecule has 1 aromatic rings. The second-order valence-electron chi connectivity index (χ2n) is 5.98. The number of nitrogens with zero attached hydrogens (tertiary/aromatic N) is 3. The molecule has 1 saturated heterocycles. The zero-order valence-electron chi connectivity index (χ0n) is 13.4. The normalized spacial score (nSPS) is 17.7. The lowest BCUT2D eigenvalue weighted by Crippen LogP contribution is -2.39. The van der Waals surface area contributed by atoms with Gasteiger partial charge in [-0.3, -0.25) is 0 Å². The van der Waals surface area contributed by atoms with Gasteiger partial charge in [-0.1, -0.05) is 13.3 Å². The summed E-state index contributed by atoms with van der Waals surface area (Å²) in [5.41, 5.74) is 2.75. The Balaban J connectivity index is 2.28. The van der Waals surface area contributed by atoms with E-state index in [4.69, 9.17) is 0 Å². The number of aromatic nitrogens is 1. The minimum atomic E-state index is 0.524. The monoisotopic (exact) mass is 286 g/mol. The minimum absolute atomic E-state index is 0.524. The van der Waals surface area contributed by atoms with E-state index in [1.807, 2.05) is 19.9 Å². The van der Waals surface area contributed by atoms with Gasteiger partial charge in [-0.05, 0) is 51.3 Å². The van der Waals surface area contributed by atoms with Gasteiger partial charge in [0.05, 0.1) is 5.56 Å². The highest BCUT2D eigenvalue weighted by Gasteiger charge is 2.21. The van der Waals surface area contributed by atoms with Crippen LogP contribution < -0.4 is 10.2 Å². The lowest BCUT2D eigenvalue weighted by molar-refractivity contribution is 0.568. The molecule has 0 radical (unpaired) electrons. The number of nitrogens with one attached hydrogen (secondary N) is 1. The first-order chi connectivity index (χ1) is 10.2. The van der Waals surface area contributed by atoms with Crippen LogP contribution in [0, 0.1) is 25.2 Å². The van der Waals surface area contributed by atoms with Crippen LogP contribution in [-0.4, -0.2) is 30.7 Å². The maximum absolute atomic E-state index is 9.49. The van der Waals surface area contributed by atoms with E-state index in [9.17, 15) is 5.26 Å². The van der Waals surface area contributed by atoms with Crippen molar-refractivity contribution in [1.29, 1.82) is 5.26 Å². The summed E-state index contributed by atoms with van der Waals surface area (Å²) >= 11 is 0. The zero-order chi connectivity index (χ0) is 15.2. The zero-order valence-corrected chi connectivity index (χ0v) is 13.4. The maximum Gasteiger partial charge on any atom is 0.147 e. The van der Waals surface area contributed by atoms with Gasteiger partial charge < -0.3 is 10.2 Å². The SMILES string of the molecule is CCCCN(CC1CCCN1)c1nc(C)cc(C)c1C#N. The molecule has 2 heterocycles. The third kappa shape index (κ3) is 3.95. The fraction of sp³-hybridized carbons (Fsp3) is 0.647. The fourth-order valence-electron chi connectivity index (χ4n) is 3.00. The average Bonchev–Trinajstić information content (AvgIpc) is 2.95. The summed E-state index contributed by atoms with van der Waals surface area (Å²) < 4.78 is 0. The van der Waals surface area contributed by atoms with E-state index in [2.05, 4.69) is 28.2 Å². The summed E-state index contributed by atoms with van der Waals surface area (Å²) in [6, 6.07) is 4.87. The fourth-order valence-corrected chi connectivity index (χ4v) is 3.00. The number of rotatable bonds is 6. The summed E-state index contributed by atoms with van der Waals surface area (Å²) in [7, 11) is 0. The van der Waals surface area contributed by atoms with E-state index in [1.165, 1.54) is 12.8 Å². The lowest BCUT2D eigenvalue weighted by Gasteiger charge is -2.28. The molecule has 2 rings (SSSR count). The Kier molecular flexibility index (Phi) is 5.58. The van der Waals surface area contributed by atoms with Crippen LogP contribution in [0.25, 0.3) is 0 Å². The summed E-state index contributed by atoms with van der Waals surface area (Å²) in [5, 5.41) is 13.0. The quantitative estimate of drug-likeness (QED) is 0.873. The van der Waals surface area contributed by atoms with Crippen molar-refractivity contribution in [2.45, 2.75) is 52.5 Å². The van der Waals surface area contributed by atoms with Crippen molar-refractivity contribution in [3.8, 4) is 6.07 Å². The van der Waals surface area contributed by atoms with Crippen molar-refractivity contribution in [1.82, 2.24) is 10.3 Å². The molecule has 0 aromatic carbocycles. The Morgan fingerprint density at radius 2 is 2.29 bits per heavy atom. The van der Waals surface area contributed by atoms with Crippen LogP contribution in [0.1, 0.15) is 49.4 Å². The second kappa shape index (κ2) is 7.42. The molecule has 4 nitrogen and oxygen atoms in total. The van der Waals surface area contributed by atoms with E-state index in [-0.39, 0.29) is 0 Å². The maximum atomic E-state index is 9.49. The van der Waals surface area contributed by atoms with E-state index < -0.39 is 0 Å². The van der Waals surface area contributed by atoms with Gasteiger partial charge in [0, 0.05) is 24.8 Å². The smallest absolute Gasteiger partial charge is 0.147 e. The minimum Gasteiger partial charge on any atom is -0.354 e. The van der Waals surface area contributed by atoms with Crippen molar-refractivity contribution >= 4 is 5.82 Å². The highest BCUT2D eigenvalue weighted by Crippen LogP contribution is 2.23. The molecule has 0 bridgehead atoms. The molecule has 1 fully saturated rings. The molecular formula is C17H26N4. The molecule has 0 amide bonds. The number of hydrogen-bond acceptors (Lipinski definition) is 4. The van der Waals surface area contributed by atoms with E-state index >= 15 is 0 Å². The van der Waals surface area contributed by atoms with Crippen LogP contribution in [-0.2, 0) is 0 Å². The molecule has 1 aromatic heterocycles. The van der Waals surface area contributed by atoms with Crippen LogP contribution >= 0.6 is 0 Å². The van der Waals surface area contributed by atoms with Crippen molar-refractivity contribution in [2.75, 3.05) is 24.5 Å². The standard InChI is InChI=1S/C17H26N4/c1-4-5-9-21(12-15-7-6-8-19-15)17-16(11-18)13(2)10-14(3)20-17/h10,15,19H,4-9,12H2,1-3H3. The van der Waals surface area contributed by atoms with Crippen LogP contribution in [0.15, 0.2) is 6.07 Å². The topological polar surface area (TPSA) is 52.0 Å². The number of pyridine rings is 1. The summed E-state index contributed by atoms with van der Waals surface area (Å²) in [6.45, 7) is 9.24. The lowest BCUT2D eigenvalue weighted by atomic mass is 10.1. The van der Waals surface area contributed by atoms with Gasteiger partial charge in [0.15, 0.2) is 0 Å². The van der Waals surface area contributed by atoms with Gasteiger partial charge >= 0.3 is 0 Å². The highest BCUT2D eigenvalue weighted by atomic mass is 15.2. The molecule has 114 valence electrons. The van der Waals surface area contributed by atoms with Gasteiger partial charge in [0.1, 0.15) is 11.9 Å². The molecule has 0 saturated carbocycles. The van der Waals surface area contributed by atoms with Crippen LogP contribution in [0.4, 0.5) is 5.82 Å². The Labute approximate surface area is 128 Å². The largest absolute Gasteiger partial charge is 0.354 e. The number of anilines is 1. The van der Waals surface area contributed by atoms with Gasteiger partial charge in [-0.15, -0.1) is 0 Å². The van der Waals surface area contributed by atoms with E-state index in [1.54, 1.807) is 0 Å². The van der Waals surface area contributed by atoms with Crippen molar-refractivity contribution < 1.29 is 0 Å². The molecule has 1 unspecified atom stereocenters. The molecule has 1 aliphatic rings. The number of hydrogen-bond donors (Lipinski definition) is 1. The van der Waals surface area contributed by atoms with Gasteiger partial charge in [-0.25, -0.2) is 4.98 Å². The highest BCUT2D eigenvalue weighted by molar-refractivity contribution is 5.58. The van der Waals surface area contributed by atoms with Crippen molar-refractivity contribution in [3.63, 3.8) is 0 Å². The predicted molar refractivity (Wildman–Crippen MR) is 86.6 cm³/mol. The first-order valence-electron chi connectivity index (χ1n) is 8.02. The third-order valence-electron chi connectivity index (χ3n) is 4.12. The molecule has 1 N–H and O–H groups in total. The molecule has 1 atom stereocenters. The second-order valence-corrected chi connectivity index (χ2v) is 5.98. The molecular weight excluding hydrogens is 260 g/mol. The Morgan fingerprint density at radius 1 is 1.48 bits per heavy atom. The molecule has 21 heavy (non-hydrogen) atoms. The average molecular weight is 286 g/mol. The van der Waals surface area contributed by atoms with Crippen molar-refractivity contribution in [2.24, 2.45) is 0 Å². The van der Waals surface area contributed by atoms with E-state index in [0.29, 0.717) is 6.04 Å². The number of nitriles is 1. The van der Waals surface area contributed by atoms with Crippen LogP contribution in [0.2, 0.25) is 0 Å². The Bertz CT molecular complexity index is 512. The number of aryl methyl sites for hydroxylation is 2. The summed E-state index contributed by atoms with van der Waals surface area (Å²) in [4.78, 5) is 6.99. The van der Waals surface area contributed by atoms with Crippen LogP contribution in [0.3, 0.4) is 0 Å². The molecule has 1 aliphatic heterocycles. The molecule has 0 aliphatic carbocycles. The third-order valence-corrected chi connectivity index (χ3v) is 4.12. The summed E-state index contributed by atoms with van der Waals surface area (Å²) in [6.07, 6.45) is 4.75. The van der Waals surface area contributed by atoms with Crippen molar-refractivity contribution in [3.05, 3.63) is 22.9 Å².